The van der Waals surface area contributed by atoms with Crippen molar-refractivity contribution in [3.63, 3.8) is 0 Å². The molecule has 3 amide bonds. The largest absolute Gasteiger partial charge is 0.508 e. The van der Waals surface area contributed by atoms with E-state index in [-0.39, 0.29) is 43.2 Å². The van der Waals surface area contributed by atoms with E-state index < -0.39 is 47.9 Å². The highest BCUT2D eigenvalue weighted by Gasteiger charge is 2.38. The lowest BCUT2D eigenvalue weighted by molar-refractivity contribution is -0.149. The third-order valence-electron chi connectivity index (χ3n) is 6.88. The molecule has 1 aliphatic rings. The number of carboxylic acid groups (broad SMARTS) is 1. The molecule has 216 valence electrons. The van der Waals surface area contributed by atoms with E-state index in [0.717, 1.165) is 5.56 Å². The van der Waals surface area contributed by atoms with Crippen molar-refractivity contribution in [2.45, 2.75) is 70.1 Å². The van der Waals surface area contributed by atoms with Crippen LogP contribution in [0.3, 0.4) is 0 Å². The van der Waals surface area contributed by atoms with Crippen molar-refractivity contribution in [3.05, 3.63) is 59.7 Å². The zero-order valence-electron chi connectivity index (χ0n) is 22.7. The average Bonchev–Trinajstić information content (AvgIpc) is 3.40. The zero-order chi connectivity index (χ0) is 29.4. The Morgan fingerprint density at radius 2 is 1.40 bits per heavy atom. The molecule has 40 heavy (non-hydrogen) atoms. The maximum absolute atomic E-state index is 13.5. The summed E-state index contributed by atoms with van der Waals surface area (Å²) in [6, 6.07) is 8.47. The van der Waals surface area contributed by atoms with Crippen LogP contribution in [0.5, 0.6) is 11.5 Å². The molecule has 0 aliphatic carbocycles. The number of amides is 3. The van der Waals surface area contributed by atoms with Crippen LogP contribution in [0.15, 0.2) is 48.5 Å². The number of nitrogens with one attached hydrogen (secondary N) is 2. The van der Waals surface area contributed by atoms with E-state index in [4.69, 9.17) is 5.73 Å². The smallest absolute Gasteiger partial charge is 0.326 e. The Hall–Kier alpha value is -4.12. The minimum Gasteiger partial charge on any atom is -0.508 e. The molecule has 0 saturated carbocycles. The molecular weight excluding hydrogens is 516 g/mol. The molecule has 1 fully saturated rings. The summed E-state index contributed by atoms with van der Waals surface area (Å²) in [6.45, 7) is 4.04. The van der Waals surface area contributed by atoms with Gasteiger partial charge in [0, 0.05) is 13.0 Å². The fraction of sp³-hybridized carbons (Fsp3) is 0.448. The molecule has 7 N–H and O–H groups in total. The van der Waals surface area contributed by atoms with E-state index in [2.05, 4.69) is 10.6 Å². The van der Waals surface area contributed by atoms with Gasteiger partial charge in [0.15, 0.2) is 0 Å². The fourth-order valence-corrected chi connectivity index (χ4v) is 4.79. The van der Waals surface area contributed by atoms with Crippen LogP contribution in [0.25, 0.3) is 0 Å². The van der Waals surface area contributed by atoms with Gasteiger partial charge >= 0.3 is 5.97 Å². The Kier molecular flexibility index (Phi) is 10.5. The lowest BCUT2D eigenvalue weighted by Crippen LogP contribution is -2.58. The number of nitrogens with two attached hydrogens (primary N) is 1. The van der Waals surface area contributed by atoms with Crippen LogP contribution in [0, 0.1) is 5.92 Å². The summed E-state index contributed by atoms with van der Waals surface area (Å²) in [5.41, 5.74) is 7.51. The topological polar surface area (TPSA) is 182 Å². The third-order valence-corrected chi connectivity index (χ3v) is 6.88. The Bertz CT molecular complexity index is 1180. The van der Waals surface area contributed by atoms with E-state index in [1.807, 2.05) is 13.8 Å². The number of phenolic OH excluding ortho intramolecular Hbond substituents is 2. The van der Waals surface area contributed by atoms with E-state index in [0.29, 0.717) is 18.4 Å². The molecule has 1 saturated heterocycles. The number of nitrogens with zero attached hydrogens (tertiary/aromatic N) is 1. The summed E-state index contributed by atoms with van der Waals surface area (Å²) in [5, 5.41) is 34.2. The van der Waals surface area contributed by atoms with Gasteiger partial charge in [-0.3, -0.25) is 14.4 Å². The van der Waals surface area contributed by atoms with Gasteiger partial charge < -0.3 is 36.6 Å². The molecule has 0 aromatic heterocycles. The van der Waals surface area contributed by atoms with Crippen LogP contribution in [0.4, 0.5) is 0 Å². The van der Waals surface area contributed by atoms with Crippen LogP contribution >= 0.6 is 0 Å². The van der Waals surface area contributed by atoms with Gasteiger partial charge in [0.25, 0.3) is 0 Å². The van der Waals surface area contributed by atoms with Crippen LogP contribution in [-0.2, 0) is 32.0 Å². The summed E-state index contributed by atoms with van der Waals surface area (Å²) >= 11 is 0. The number of carbonyl (C=O) groups is 4. The van der Waals surface area contributed by atoms with Crippen LogP contribution in [-0.4, -0.2) is 74.6 Å². The first-order chi connectivity index (χ1) is 18.9. The molecule has 2 aromatic carbocycles. The third kappa shape index (κ3) is 8.44. The number of likely N-dealkylation sites (tertiary alicyclic amines) is 1. The number of carboxylic acids is 1. The van der Waals surface area contributed by atoms with Gasteiger partial charge in [-0.2, -0.15) is 0 Å². The number of carbonyl (C=O) groups excluding carboxylic acids is 3. The lowest BCUT2D eigenvalue weighted by Gasteiger charge is -2.29. The Morgan fingerprint density at radius 3 is 1.93 bits per heavy atom. The van der Waals surface area contributed by atoms with Crippen LogP contribution in [0.1, 0.15) is 44.2 Å². The molecule has 2 aromatic rings. The molecule has 1 aliphatic heterocycles. The predicted octanol–water partition coefficient (Wildman–Crippen LogP) is 1.30. The minimum absolute atomic E-state index is 0.0191. The second kappa shape index (κ2) is 13.8. The van der Waals surface area contributed by atoms with Gasteiger partial charge in [-0.1, -0.05) is 38.1 Å². The second-order valence-electron chi connectivity index (χ2n) is 10.6. The van der Waals surface area contributed by atoms with Crippen molar-refractivity contribution in [1.29, 1.82) is 0 Å². The molecule has 3 rings (SSSR count). The van der Waals surface area contributed by atoms with Gasteiger partial charge in [0.05, 0.1) is 6.04 Å². The molecule has 0 bridgehead atoms. The SMILES string of the molecule is CC(C)CC(NC(=O)C(N)Cc1ccc(O)cc1)C(=O)NC(Cc1ccc(O)cc1)C(=O)N1CCCC1C(=O)O. The lowest BCUT2D eigenvalue weighted by atomic mass is 9.99. The number of phenols is 2. The van der Waals surface area contributed by atoms with Crippen molar-refractivity contribution in [2.24, 2.45) is 11.7 Å². The molecule has 11 heteroatoms. The average molecular weight is 555 g/mol. The van der Waals surface area contributed by atoms with Crippen molar-refractivity contribution in [3.8, 4) is 11.5 Å². The molecule has 4 atom stereocenters. The normalized spacial score (nSPS) is 17.2. The maximum atomic E-state index is 13.5. The molecule has 11 nitrogen and oxygen atoms in total. The van der Waals surface area contributed by atoms with E-state index >= 15 is 0 Å². The number of hydrogen-bond acceptors (Lipinski definition) is 7. The minimum atomic E-state index is -1.10. The second-order valence-corrected chi connectivity index (χ2v) is 10.6. The van der Waals surface area contributed by atoms with Crippen molar-refractivity contribution < 1.29 is 34.5 Å². The van der Waals surface area contributed by atoms with Gasteiger partial charge in [0.2, 0.25) is 17.7 Å². The molecule has 1 heterocycles. The Labute approximate surface area is 233 Å². The summed E-state index contributed by atoms with van der Waals surface area (Å²) in [4.78, 5) is 53.0. The number of rotatable bonds is 12. The molecule has 4 unspecified atom stereocenters. The zero-order valence-corrected chi connectivity index (χ0v) is 22.7. The van der Waals surface area contributed by atoms with Crippen LogP contribution < -0.4 is 16.4 Å². The van der Waals surface area contributed by atoms with Gasteiger partial charge in [-0.25, -0.2) is 4.79 Å². The monoisotopic (exact) mass is 554 g/mol. The number of aliphatic carboxylic acids is 1. The summed E-state index contributed by atoms with van der Waals surface area (Å²) in [6.07, 6.45) is 1.40. The number of hydrogen-bond donors (Lipinski definition) is 6. The quantitative estimate of drug-likeness (QED) is 0.227. The highest BCUT2D eigenvalue weighted by atomic mass is 16.4. The van der Waals surface area contributed by atoms with Crippen molar-refractivity contribution >= 4 is 23.7 Å². The van der Waals surface area contributed by atoms with Crippen LogP contribution in [0.2, 0.25) is 0 Å². The van der Waals surface area contributed by atoms with E-state index in [1.165, 1.54) is 29.2 Å². The first-order valence-electron chi connectivity index (χ1n) is 13.4. The molecule has 0 spiro atoms. The van der Waals surface area contributed by atoms with Crippen molar-refractivity contribution in [1.82, 2.24) is 15.5 Å². The summed E-state index contributed by atoms with van der Waals surface area (Å²) in [5.74, 6) is -2.59. The van der Waals surface area contributed by atoms with E-state index in [9.17, 15) is 34.5 Å². The Balaban J connectivity index is 1.77. The predicted molar refractivity (Wildman–Crippen MR) is 147 cm³/mol. The van der Waals surface area contributed by atoms with Gasteiger partial charge in [-0.05, 0) is 67.0 Å². The molecule has 0 radical (unpaired) electrons. The Morgan fingerprint density at radius 1 is 0.875 bits per heavy atom. The van der Waals surface area contributed by atoms with Crippen molar-refractivity contribution in [2.75, 3.05) is 6.54 Å². The first-order valence-corrected chi connectivity index (χ1v) is 13.4. The van der Waals surface area contributed by atoms with Gasteiger partial charge in [0.1, 0.15) is 29.6 Å². The summed E-state index contributed by atoms with van der Waals surface area (Å²) in [7, 11) is 0. The highest BCUT2D eigenvalue weighted by Crippen LogP contribution is 2.21. The summed E-state index contributed by atoms with van der Waals surface area (Å²) < 4.78 is 0. The van der Waals surface area contributed by atoms with Gasteiger partial charge in [-0.15, -0.1) is 0 Å². The highest BCUT2D eigenvalue weighted by molar-refractivity contribution is 5.94. The molecular formula is C29H38N4O7. The first kappa shape index (κ1) is 30.4. The van der Waals surface area contributed by atoms with E-state index in [1.54, 1.807) is 24.3 Å². The maximum Gasteiger partial charge on any atom is 0.326 e. The fourth-order valence-electron chi connectivity index (χ4n) is 4.79. The number of benzene rings is 2. The standard InChI is InChI=1S/C29H38N4O7/c1-17(2)14-23(31-26(36)22(30)15-18-5-9-20(34)10-6-18)27(37)32-24(16-19-7-11-21(35)12-8-19)28(38)33-13-3-4-25(33)29(39)40/h5-12,17,22-25,34-35H,3-4,13-16,30H2,1-2H3,(H,31,36)(H,32,37)(H,39,40). The number of aromatic hydroxyl groups is 2.